The van der Waals surface area contributed by atoms with E-state index < -0.39 is 51.5 Å². The molecule has 13 heteroatoms. The van der Waals surface area contributed by atoms with Gasteiger partial charge in [0.25, 0.3) is 0 Å². The Morgan fingerprint density at radius 2 is 1.07 bits per heavy atom. The van der Waals surface area contributed by atoms with Crippen molar-refractivity contribution in [2.45, 2.75) is 22.5 Å². The van der Waals surface area contributed by atoms with Gasteiger partial charge >= 0.3 is 12.9 Å². The molecule has 0 N–H and O–H groups in total. The van der Waals surface area contributed by atoms with E-state index in [1.165, 1.54) is 6.92 Å². The maximum Gasteiger partial charge on any atom is 0.515 e. The van der Waals surface area contributed by atoms with Gasteiger partial charge in [0, 0.05) is 12.5 Å². The van der Waals surface area contributed by atoms with Gasteiger partial charge in [-0.3, -0.25) is 4.79 Å². The smallest absolute Gasteiger partial charge is 0.445 e. The summed E-state index contributed by atoms with van der Waals surface area (Å²) < 4.78 is 117. The molecule has 40 heavy (non-hydrogen) atoms. The van der Waals surface area contributed by atoms with Crippen LogP contribution in [0.2, 0.25) is 0 Å². The SMILES string of the molecule is CC(=O)Oc1ccc(C[S+](=O)(c2ccccc2)c2ccccc2)cc1.Fc1c(F)c(F)c([B-](F)(F)F)c(F)c1F. The first kappa shape index (κ1) is 30.5. The highest BCUT2D eigenvalue weighted by Gasteiger charge is 2.38. The standard InChI is InChI=1S/C21H19O3S.C6BF8/c1-17(22)24-19-14-12-18(13-15-19)16-25(23,20-8-4-2-5-9-20)21-10-6-3-7-11-21;8-2-1(7(13,14)15)3(9)5(11)6(12)4(2)10/h2-15H,16H2,1H3;/q+1;-1. The van der Waals surface area contributed by atoms with E-state index >= 15 is 0 Å². The van der Waals surface area contributed by atoms with E-state index in [0.717, 1.165) is 15.4 Å². The van der Waals surface area contributed by atoms with Crippen molar-refractivity contribution in [3.05, 3.63) is 120 Å². The normalized spacial score (nSPS) is 11.4. The third-order valence-corrected chi connectivity index (χ3v) is 8.18. The van der Waals surface area contributed by atoms with Crippen LogP contribution in [-0.4, -0.2) is 12.9 Å². The monoisotopic (exact) mass is 586 g/mol. The molecule has 0 aliphatic rings. The maximum absolute atomic E-state index is 13.9. The van der Waals surface area contributed by atoms with Crippen LogP contribution in [0.1, 0.15) is 12.5 Å². The molecule has 0 unspecified atom stereocenters. The number of rotatable bonds is 6. The molecule has 0 aromatic heterocycles. The second-order valence-electron chi connectivity index (χ2n) is 8.24. The molecule has 0 bridgehead atoms. The van der Waals surface area contributed by atoms with Crippen LogP contribution in [0.15, 0.2) is 94.7 Å². The number of benzene rings is 4. The van der Waals surface area contributed by atoms with Crippen molar-refractivity contribution in [2.75, 3.05) is 0 Å². The van der Waals surface area contributed by atoms with Crippen LogP contribution in [0, 0.1) is 29.1 Å². The highest BCUT2D eigenvalue weighted by molar-refractivity contribution is 8.02. The van der Waals surface area contributed by atoms with E-state index in [2.05, 4.69) is 0 Å². The van der Waals surface area contributed by atoms with Gasteiger partial charge in [-0.15, -0.1) is 0 Å². The largest absolute Gasteiger partial charge is 0.515 e. The molecule has 4 rings (SSSR count). The van der Waals surface area contributed by atoms with Crippen molar-refractivity contribution < 1.29 is 48.6 Å². The Morgan fingerprint density at radius 1 is 0.675 bits per heavy atom. The minimum absolute atomic E-state index is 0.356. The summed E-state index contributed by atoms with van der Waals surface area (Å²) in [7, 11) is -2.44. The number of ether oxygens (including phenoxy) is 1. The number of esters is 1. The van der Waals surface area contributed by atoms with Crippen molar-refractivity contribution in [1.29, 1.82) is 0 Å². The topological polar surface area (TPSA) is 43.4 Å². The van der Waals surface area contributed by atoms with Crippen molar-refractivity contribution >= 4 is 28.3 Å². The molecule has 0 spiro atoms. The number of hydrogen-bond donors (Lipinski definition) is 0. The van der Waals surface area contributed by atoms with E-state index in [1.807, 2.05) is 72.8 Å². The molecule has 0 saturated carbocycles. The van der Waals surface area contributed by atoms with Crippen LogP contribution in [0.25, 0.3) is 0 Å². The van der Waals surface area contributed by atoms with Crippen LogP contribution in [-0.2, 0) is 24.7 Å². The molecule has 0 heterocycles. The van der Waals surface area contributed by atoms with E-state index in [4.69, 9.17) is 4.74 Å². The lowest BCUT2D eigenvalue weighted by atomic mass is 9.79. The Balaban J connectivity index is 0.000000252. The third-order valence-electron chi connectivity index (χ3n) is 5.37. The summed E-state index contributed by atoms with van der Waals surface area (Å²) in [5.41, 5.74) is -1.81. The van der Waals surface area contributed by atoms with Crippen LogP contribution < -0.4 is 10.2 Å². The molecule has 0 aliphatic heterocycles. The fourth-order valence-corrected chi connectivity index (χ4v) is 6.01. The molecule has 4 aromatic carbocycles. The van der Waals surface area contributed by atoms with Crippen LogP contribution in [0.3, 0.4) is 0 Å². The van der Waals surface area contributed by atoms with Gasteiger partial charge in [-0.1, -0.05) is 52.7 Å². The van der Waals surface area contributed by atoms with Crippen molar-refractivity contribution in [3.8, 4) is 5.75 Å². The molecule has 4 aromatic rings. The van der Waals surface area contributed by atoms with E-state index in [0.29, 0.717) is 11.5 Å². The van der Waals surface area contributed by atoms with E-state index in [9.17, 15) is 43.9 Å². The number of halogens is 8. The Labute approximate surface area is 224 Å². The van der Waals surface area contributed by atoms with E-state index in [1.54, 1.807) is 12.1 Å². The summed E-state index contributed by atoms with van der Waals surface area (Å²) in [5.74, 6) is -13.0. The fraction of sp³-hybridized carbons (Fsp3) is 0.0741. The fourth-order valence-electron chi connectivity index (χ4n) is 3.55. The average Bonchev–Trinajstić information content (AvgIpc) is 2.92. The van der Waals surface area contributed by atoms with Gasteiger partial charge in [0.05, 0.1) is 0 Å². The minimum Gasteiger partial charge on any atom is -0.445 e. The van der Waals surface area contributed by atoms with Gasteiger partial charge in [-0.2, -0.15) is 0 Å². The van der Waals surface area contributed by atoms with Crippen molar-refractivity contribution in [1.82, 2.24) is 0 Å². The highest BCUT2D eigenvalue weighted by Crippen LogP contribution is 2.33. The lowest BCUT2D eigenvalue weighted by Gasteiger charge is -2.17. The predicted octanol–water partition coefficient (Wildman–Crippen LogP) is 7.17. The quantitative estimate of drug-likeness (QED) is 0.0458. The summed E-state index contributed by atoms with van der Waals surface area (Å²) in [6, 6.07) is 26.2. The minimum atomic E-state index is -6.30. The van der Waals surface area contributed by atoms with Crippen molar-refractivity contribution in [3.63, 3.8) is 0 Å². The first-order chi connectivity index (χ1) is 18.8. The summed E-state index contributed by atoms with van der Waals surface area (Å²) in [6.07, 6.45) is 0. The first-order valence-electron chi connectivity index (χ1n) is 11.4. The average molecular weight is 586 g/mol. The number of hydrogen-bond acceptors (Lipinski definition) is 3. The molecular formula is C27H19BF8O3S. The Morgan fingerprint density at radius 3 is 1.45 bits per heavy atom. The van der Waals surface area contributed by atoms with Gasteiger partial charge in [0.1, 0.15) is 23.1 Å². The van der Waals surface area contributed by atoms with Crippen LogP contribution in [0.5, 0.6) is 5.75 Å². The summed E-state index contributed by atoms with van der Waals surface area (Å²) >= 11 is 0. The molecule has 3 nitrogen and oxygen atoms in total. The molecule has 0 atom stereocenters. The lowest BCUT2D eigenvalue weighted by molar-refractivity contribution is -0.131. The zero-order chi connectivity index (χ0) is 29.7. The van der Waals surface area contributed by atoms with Gasteiger partial charge in [-0.05, 0) is 41.9 Å². The Hall–Kier alpha value is -4.00. The summed E-state index contributed by atoms with van der Waals surface area (Å²) in [4.78, 5) is 12.6. The van der Waals surface area contributed by atoms with E-state index in [-0.39, 0.29) is 5.97 Å². The van der Waals surface area contributed by atoms with Gasteiger partial charge in [-0.25, -0.2) is 22.0 Å². The van der Waals surface area contributed by atoms with Gasteiger partial charge in [0.2, 0.25) is 0 Å². The molecule has 0 fully saturated rings. The second-order valence-corrected chi connectivity index (χ2v) is 10.8. The van der Waals surface area contributed by atoms with Crippen LogP contribution in [0.4, 0.5) is 34.9 Å². The molecule has 0 aliphatic carbocycles. The number of carbonyl (C=O) groups is 1. The zero-order valence-electron chi connectivity index (χ0n) is 20.5. The third kappa shape index (κ3) is 6.95. The first-order valence-corrected chi connectivity index (χ1v) is 13.1. The summed E-state index contributed by atoms with van der Waals surface area (Å²) in [6.45, 7) is -4.94. The van der Waals surface area contributed by atoms with Gasteiger partial charge in [0.15, 0.2) is 37.2 Å². The number of carbonyl (C=O) groups excluding carboxylic acids is 1. The Bertz CT molecular complexity index is 1460. The van der Waals surface area contributed by atoms with Crippen LogP contribution >= 0.6 is 0 Å². The molecule has 0 amide bonds. The Kier molecular flexibility index (Phi) is 9.51. The molecule has 0 radical (unpaired) electrons. The van der Waals surface area contributed by atoms with Crippen molar-refractivity contribution in [2.24, 2.45) is 0 Å². The zero-order valence-corrected chi connectivity index (χ0v) is 21.3. The summed E-state index contributed by atoms with van der Waals surface area (Å²) in [5, 5.41) is 0. The van der Waals surface area contributed by atoms with Gasteiger partial charge < -0.3 is 17.7 Å². The predicted molar refractivity (Wildman–Crippen MR) is 134 cm³/mol. The molecule has 0 saturated heterocycles. The lowest BCUT2D eigenvalue weighted by Crippen LogP contribution is -2.41. The maximum atomic E-state index is 13.9. The molecular weight excluding hydrogens is 567 g/mol. The highest BCUT2D eigenvalue weighted by atomic mass is 32.2. The molecule has 210 valence electrons. The second kappa shape index (κ2) is 12.5.